The molecule has 1 aliphatic rings. The van der Waals surface area contributed by atoms with E-state index < -0.39 is 0 Å². The molecule has 1 fully saturated rings. The van der Waals surface area contributed by atoms with E-state index in [2.05, 4.69) is 31.3 Å². The predicted molar refractivity (Wildman–Crippen MR) is 84.0 cm³/mol. The summed E-state index contributed by atoms with van der Waals surface area (Å²) in [5.41, 5.74) is 7.20. The van der Waals surface area contributed by atoms with Crippen molar-refractivity contribution in [2.24, 2.45) is 11.7 Å². The van der Waals surface area contributed by atoms with Crippen LogP contribution in [0.2, 0.25) is 0 Å². The number of benzene rings is 1. The van der Waals surface area contributed by atoms with E-state index in [4.69, 9.17) is 10.5 Å². The van der Waals surface area contributed by atoms with Crippen molar-refractivity contribution >= 4 is 0 Å². The van der Waals surface area contributed by atoms with Gasteiger partial charge in [0.05, 0.1) is 6.61 Å². The van der Waals surface area contributed by atoms with Crippen molar-refractivity contribution < 1.29 is 4.74 Å². The lowest BCUT2D eigenvalue weighted by molar-refractivity contribution is 0.317. The fourth-order valence-electron chi connectivity index (χ4n) is 2.96. The summed E-state index contributed by atoms with van der Waals surface area (Å²) in [6.07, 6.45) is 4.91. The Morgan fingerprint density at radius 3 is 2.60 bits per heavy atom. The molecule has 0 spiro atoms. The normalized spacial score (nSPS) is 23.8. The molecule has 1 saturated carbocycles. The Morgan fingerprint density at radius 2 is 2.05 bits per heavy atom. The van der Waals surface area contributed by atoms with Crippen LogP contribution in [0.25, 0.3) is 0 Å². The van der Waals surface area contributed by atoms with E-state index in [1.54, 1.807) is 0 Å². The zero-order valence-corrected chi connectivity index (χ0v) is 12.8. The first kappa shape index (κ1) is 15.3. The summed E-state index contributed by atoms with van der Waals surface area (Å²) in [4.78, 5) is 0. The SMILES string of the molecule is CCCOc1ccc(C(CN)NC2CCC(C)C2)cc1. The Balaban J connectivity index is 1.93. The maximum atomic E-state index is 5.94. The predicted octanol–water partition coefficient (Wildman–Crippen LogP) is 3.25. The molecule has 0 radical (unpaired) electrons. The Kier molecular flexibility index (Phi) is 5.86. The standard InChI is InChI=1S/C17H28N2O/c1-3-10-20-16-8-5-14(6-9-16)17(12-18)19-15-7-4-13(2)11-15/h5-6,8-9,13,15,17,19H,3-4,7,10-12,18H2,1-2H3. The second-order valence-electron chi connectivity index (χ2n) is 5.99. The van der Waals surface area contributed by atoms with Crippen LogP contribution in [0.5, 0.6) is 5.75 Å². The zero-order chi connectivity index (χ0) is 14.4. The van der Waals surface area contributed by atoms with E-state index in [-0.39, 0.29) is 6.04 Å². The van der Waals surface area contributed by atoms with Gasteiger partial charge in [-0.1, -0.05) is 26.0 Å². The van der Waals surface area contributed by atoms with Crippen molar-refractivity contribution in [3.63, 3.8) is 0 Å². The van der Waals surface area contributed by atoms with Gasteiger partial charge in [0.1, 0.15) is 5.75 Å². The monoisotopic (exact) mass is 276 g/mol. The average molecular weight is 276 g/mol. The maximum Gasteiger partial charge on any atom is 0.119 e. The molecule has 0 saturated heterocycles. The summed E-state index contributed by atoms with van der Waals surface area (Å²) in [7, 11) is 0. The summed E-state index contributed by atoms with van der Waals surface area (Å²) in [5.74, 6) is 1.79. The molecule has 2 rings (SSSR count). The average Bonchev–Trinajstić information content (AvgIpc) is 2.88. The van der Waals surface area contributed by atoms with Gasteiger partial charge in [-0.15, -0.1) is 0 Å². The quantitative estimate of drug-likeness (QED) is 0.803. The highest BCUT2D eigenvalue weighted by Crippen LogP contribution is 2.27. The molecule has 3 nitrogen and oxygen atoms in total. The molecule has 20 heavy (non-hydrogen) atoms. The van der Waals surface area contributed by atoms with Crippen molar-refractivity contribution in [3.05, 3.63) is 29.8 Å². The van der Waals surface area contributed by atoms with Crippen LogP contribution in [-0.4, -0.2) is 19.2 Å². The van der Waals surface area contributed by atoms with E-state index in [1.807, 2.05) is 12.1 Å². The first-order chi connectivity index (χ1) is 9.72. The minimum Gasteiger partial charge on any atom is -0.494 e. The van der Waals surface area contributed by atoms with E-state index >= 15 is 0 Å². The first-order valence-electron chi connectivity index (χ1n) is 7.91. The van der Waals surface area contributed by atoms with Crippen molar-refractivity contribution in [3.8, 4) is 5.75 Å². The molecular weight excluding hydrogens is 248 g/mol. The van der Waals surface area contributed by atoms with Crippen molar-refractivity contribution in [2.75, 3.05) is 13.2 Å². The van der Waals surface area contributed by atoms with Gasteiger partial charge < -0.3 is 15.8 Å². The minimum atomic E-state index is 0.255. The maximum absolute atomic E-state index is 5.94. The molecule has 3 heteroatoms. The van der Waals surface area contributed by atoms with E-state index in [0.29, 0.717) is 12.6 Å². The molecule has 3 N–H and O–H groups in total. The Hall–Kier alpha value is -1.06. The van der Waals surface area contributed by atoms with E-state index in [9.17, 15) is 0 Å². The third-order valence-electron chi connectivity index (χ3n) is 4.12. The van der Waals surface area contributed by atoms with Gasteiger partial charge in [-0.25, -0.2) is 0 Å². The lowest BCUT2D eigenvalue weighted by atomic mass is 10.0. The molecule has 1 aromatic carbocycles. The van der Waals surface area contributed by atoms with Gasteiger partial charge in [0.15, 0.2) is 0 Å². The number of nitrogens with two attached hydrogens (primary N) is 1. The van der Waals surface area contributed by atoms with Gasteiger partial charge in [-0.2, -0.15) is 0 Å². The number of rotatable bonds is 7. The number of nitrogens with one attached hydrogen (secondary N) is 1. The largest absolute Gasteiger partial charge is 0.494 e. The molecule has 3 unspecified atom stereocenters. The Morgan fingerprint density at radius 1 is 1.30 bits per heavy atom. The molecule has 0 bridgehead atoms. The van der Waals surface area contributed by atoms with Crippen LogP contribution >= 0.6 is 0 Å². The van der Waals surface area contributed by atoms with Crippen molar-refractivity contribution in [1.29, 1.82) is 0 Å². The lowest BCUT2D eigenvalue weighted by Crippen LogP contribution is -2.35. The molecule has 0 aromatic heterocycles. The second kappa shape index (κ2) is 7.65. The number of hydrogen-bond acceptors (Lipinski definition) is 3. The highest BCUT2D eigenvalue weighted by molar-refractivity contribution is 5.29. The Bertz CT molecular complexity index is 390. The van der Waals surface area contributed by atoms with Crippen LogP contribution in [0.1, 0.15) is 51.1 Å². The molecule has 1 aromatic rings. The molecule has 3 atom stereocenters. The van der Waals surface area contributed by atoms with Crippen LogP contribution in [-0.2, 0) is 0 Å². The highest BCUT2D eigenvalue weighted by atomic mass is 16.5. The van der Waals surface area contributed by atoms with Crippen LogP contribution in [0.15, 0.2) is 24.3 Å². The van der Waals surface area contributed by atoms with Crippen molar-refractivity contribution in [2.45, 2.75) is 51.6 Å². The topological polar surface area (TPSA) is 47.3 Å². The molecular formula is C17H28N2O. The molecule has 1 aliphatic carbocycles. The summed E-state index contributed by atoms with van der Waals surface area (Å²) in [5, 5.41) is 3.71. The van der Waals surface area contributed by atoms with Crippen LogP contribution in [0, 0.1) is 5.92 Å². The smallest absolute Gasteiger partial charge is 0.119 e. The van der Waals surface area contributed by atoms with Gasteiger partial charge >= 0.3 is 0 Å². The van der Waals surface area contributed by atoms with Gasteiger partial charge in [0, 0.05) is 18.6 Å². The summed E-state index contributed by atoms with van der Waals surface area (Å²) >= 11 is 0. The summed E-state index contributed by atoms with van der Waals surface area (Å²) in [6.45, 7) is 5.86. The Labute approximate surface area is 122 Å². The summed E-state index contributed by atoms with van der Waals surface area (Å²) in [6, 6.07) is 9.24. The molecule has 0 heterocycles. The van der Waals surface area contributed by atoms with Gasteiger partial charge in [0.2, 0.25) is 0 Å². The van der Waals surface area contributed by atoms with Crippen LogP contribution in [0.3, 0.4) is 0 Å². The fraction of sp³-hybridized carbons (Fsp3) is 0.647. The third-order valence-corrected chi connectivity index (χ3v) is 4.12. The molecule has 0 amide bonds. The summed E-state index contributed by atoms with van der Waals surface area (Å²) < 4.78 is 5.62. The van der Waals surface area contributed by atoms with E-state index in [0.717, 1.165) is 24.7 Å². The number of hydrogen-bond donors (Lipinski definition) is 2. The third kappa shape index (κ3) is 4.22. The fourth-order valence-corrected chi connectivity index (χ4v) is 2.96. The van der Waals surface area contributed by atoms with Crippen LogP contribution < -0.4 is 15.8 Å². The van der Waals surface area contributed by atoms with Gasteiger partial charge in [0.25, 0.3) is 0 Å². The van der Waals surface area contributed by atoms with Gasteiger partial charge in [-0.05, 0) is 49.3 Å². The van der Waals surface area contributed by atoms with Crippen molar-refractivity contribution in [1.82, 2.24) is 5.32 Å². The van der Waals surface area contributed by atoms with E-state index in [1.165, 1.54) is 24.8 Å². The minimum absolute atomic E-state index is 0.255. The first-order valence-corrected chi connectivity index (χ1v) is 7.91. The highest BCUT2D eigenvalue weighted by Gasteiger charge is 2.23. The zero-order valence-electron chi connectivity index (χ0n) is 12.8. The second-order valence-corrected chi connectivity index (χ2v) is 5.99. The molecule has 112 valence electrons. The molecule has 0 aliphatic heterocycles. The number of ether oxygens (including phenoxy) is 1. The van der Waals surface area contributed by atoms with Gasteiger partial charge in [-0.3, -0.25) is 0 Å². The van der Waals surface area contributed by atoms with Crippen LogP contribution in [0.4, 0.5) is 0 Å². The lowest BCUT2D eigenvalue weighted by Gasteiger charge is -2.22.